The van der Waals surface area contributed by atoms with Gasteiger partial charge in [0.2, 0.25) is 5.91 Å². The van der Waals surface area contributed by atoms with Gasteiger partial charge in [0.1, 0.15) is 17.9 Å². The van der Waals surface area contributed by atoms with E-state index in [2.05, 4.69) is 10.3 Å². The summed E-state index contributed by atoms with van der Waals surface area (Å²) < 4.78 is 10.7. The van der Waals surface area contributed by atoms with Crippen LogP contribution in [0.1, 0.15) is 10.5 Å². The number of hydrogen-bond acceptors (Lipinski definition) is 6. The molecule has 3 rings (SSSR count). The molecule has 2 aliphatic heterocycles. The van der Waals surface area contributed by atoms with Crippen molar-refractivity contribution in [3.63, 3.8) is 0 Å². The molecule has 1 aromatic heterocycles. The lowest BCUT2D eigenvalue weighted by Crippen LogP contribution is -2.73. The SMILES string of the molecule is CNC(=O)[C@@H]1COC2(CN(C(=O)c3cocn3)C2)CN1C. The monoisotopic (exact) mass is 294 g/mol. The zero-order chi connectivity index (χ0) is 15.0. The highest BCUT2D eigenvalue weighted by Gasteiger charge is 2.51. The van der Waals surface area contributed by atoms with Gasteiger partial charge in [-0.1, -0.05) is 0 Å². The van der Waals surface area contributed by atoms with Gasteiger partial charge in [0, 0.05) is 13.6 Å². The maximum atomic E-state index is 12.1. The Hall–Kier alpha value is -1.93. The number of hydrogen-bond donors (Lipinski definition) is 1. The summed E-state index contributed by atoms with van der Waals surface area (Å²) in [4.78, 5) is 31.3. The standard InChI is InChI=1S/C13H18N4O4/c1-14-11(18)10-4-21-13(5-16(10)2)6-17(7-13)12(19)9-3-20-8-15-9/h3,8,10H,4-7H2,1-2H3,(H,14,18)/t10-/m0/s1. The molecule has 0 aliphatic carbocycles. The third-order valence-corrected chi connectivity index (χ3v) is 4.06. The van der Waals surface area contributed by atoms with Crippen molar-refractivity contribution in [2.45, 2.75) is 11.6 Å². The van der Waals surface area contributed by atoms with Crippen LogP contribution in [0.5, 0.6) is 0 Å². The second-order valence-corrected chi connectivity index (χ2v) is 5.57. The molecule has 0 aromatic carbocycles. The van der Waals surface area contributed by atoms with E-state index in [9.17, 15) is 9.59 Å². The van der Waals surface area contributed by atoms with Gasteiger partial charge in [-0.05, 0) is 7.05 Å². The quantitative estimate of drug-likeness (QED) is 0.748. The van der Waals surface area contributed by atoms with E-state index in [4.69, 9.17) is 9.15 Å². The van der Waals surface area contributed by atoms with Crippen LogP contribution in [-0.2, 0) is 9.53 Å². The summed E-state index contributed by atoms with van der Waals surface area (Å²) in [5.41, 5.74) is -0.0733. The second-order valence-electron chi connectivity index (χ2n) is 5.57. The molecular weight excluding hydrogens is 276 g/mol. The molecule has 1 aromatic rings. The predicted molar refractivity (Wildman–Crippen MR) is 71.6 cm³/mol. The molecule has 0 unspecified atom stereocenters. The molecule has 8 nitrogen and oxygen atoms in total. The molecule has 0 saturated carbocycles. The molecular formula is C13H18N4O4. The average Bonchev–Trinajstić information content (AvgIpc) is 2.97. The van der Waals surface area contributed by atoms with Crippen molar-refractivity contribution in [3.8, 4) is 0 Å². The number of oxazole rings is 1. The third-order valence-electron chi connectivity index (χ3n) is 4.06. The number of amides is 2. The Bertz CT molecular complexity index is 538. The summed E-state index contributed by atoms with van der Waals surface area (Å²) in [5.74, 6) is -0.212. The maximum absolute atomic E-state index is 12.1. The zero-order valence-corrected chi connectivity index (χ0v) is 12.0. The smallest absolute Gasteiger partial charge is 0.276 e. The van der Waals surface area contributed by atoms with Gasteiger partial charge >= 0.3 is 0 Å². The number of nitrogens with one attached hydrogen (secondary N) is 1. The van der Waals surface area contributed by atoms with E-state index in [0.29, 0.717) is 31.9 Å². The first-order valence-electron chi connectivity index (χ1n) is 6.78. The second kappa shape index (κ2) is 5.12. The van der Waals surface area contributed by atoms with E-state index in [1.807, 2.05) is 11.9 Å². The molecule has 0 radical (unpaired) electrons. The minimum atomic E-state index is -0.376. The number of carbonyl (C=O) groups is 2. The van der Waals surface area contributed by atoms with Crippen molar-refractivity contribution >= 4 is 11.8 Å². The van der Waals surface area contributed by atoms with E-state index < -0.39 is 0 Å². The van der Waals surface area contributed by atoms with Gasteiger partial charge in [-0.15, -0.1) is 0 Å². The van der Waals surface area contributed by atoms with Gasteiger partial charge in [-0.25, -0.2) is 4.98 Å². The average molecular weight is 294 g/mol. The number of likely N-dealkylation sites (tertiary alicyclic amines) is 1. The first-order chi connectivity index (χ1) is 10.0. The van der Waals surface area contributed by atoms with Crippen LogP contribution in [0.4, 0.5) is 0 Å². The molecule has 0 bridgehead atoms. The molecule has 114 valence electrons. The fraction of sp³-hybridized carbons (Fsp3) is 0.615. The minimum Gasteiger partial charge on any atom is -0.451 e. The first-order valence-corrected chi connectivity index (χ1v) is 6.78. The van der Waals surface area contributed by atoms with Gasteiger partial charge in [-0.3, -0.25) is 14.5 Å². The Kier molecular flexibility index (Phi) is 3.42. The van der Waals surface area contributed by atoms with E-state index in [0.717, 1.165) is 0 Å². The van der Waals surface area contributed by atoms with Gasteiger partial charge < -0.3 is 19.4 Å². The van der Waals surface area contributed by atoms with Crippen molar-refractivity contribution in [2.24, 2.45) is 0 Å². The largest absolute Gasteiger partial charge is 0.451 e. The van der Waals surface area contributed by atoms with Crippen LogP contribution in [0.2, 0.25) is 0 Å². The van der Waals surface area contributed by atoms with Gasteiger partial charge in [0.25, 0.3) is 5.91 Å². The predicted octanol–water partition coefficient (Wildman–Crippen LogP) is -1.05. The van der Waals surface area contributed by atoms with Gasteiger partial charge in [0.05, 0.1) is 19.7 Å². The summed E-state index contributed by atoms with van der Waals surface area (Å²) in [5, 5.41) is 2.63. The van der Waals surface area contributed by atoms with Gasteiger partial charge in [0.15, 0.2) is 12.1 Å². The highest BCUT2D eigenvalue weighted by molar-refractivity contribution is 5.92. The molecule has 1 atom stereocenters. The van der Waals surface area contributed by atoms with Crippen LogP contribution in [0.15, 0.2) is 17.1 Å². The number of morpholine rings is 1. The minimum absolute atomic E-state index is 0.0535. The number of rotatable bonds is 2. The number of nitrogens with zero attached hydrogens (tertiary/aromatic N) is 3. The Morgan fingerprint density at radius 2 is 2.19 bits per heavy atom. The van der Waals surface area contributed by atoms with Crippen LogP contribution < -0.4 is 5.32 Å². The van der Waals surface area contributed by atoms with Crippen LogP contribution in [0, 0.1) is 0 Å². The van der Waals surface area contributed by atoms with E-state index >= 15 is 0 Å². The molecule has 2 amide bonds. The van der Waals surface area contributed by atoms with E-state index in [-0.39, 0.29) is 23.5 Å². The lowest BCUT2D eigenvalue weighted by atomic mass is 9.90. The lowest BCUT2D eigenvalue weighted by Gasteiger charge is -2.54. The molecule has 2 aliphatic rings. The molecule has 1 N–H and O–H groups in total. The van der Waals surface area contributed by atoms with Crippen molar-refractivity contribution in [1.82, 2.24) is 20.1 Å². The van der Waals surface area contributed by atoms with Crippen molar-refractivity contribution < 1.29 is 18.7 Å². The highest BCUT2D eigenvalue weighted by atomic mass is 16.5. The van der Waals surface area contributed by atoms with Crippen molar-refractivity contribution in [2.75, 3.05) is 40.3 Å². The van der Waals surface area contributed by atoms with Crippen LogP contribution in [0.3, 0.4) is 0 Å². The fourth-order valence-corrected chi connectivity index (χ4v) is 2.90. The molecule has 2 fully saturated rings. The Balaban J connectivity index is 1.58. The van der Waals surface area contributed by atoms with Crippen LogP contribution in [0.25, 0.3) is 0 Å². The first kappa shape index (κ1) is 14.0. The number of carbonyl (C=O) groups excluding carboxylic acids is 2. The molecule has 8 heteroatoms. The fourth-order valence-electron chi connectivity index (χ4n) is 2.90. The van der Waals surface area contributed by atoms with Crippen molar-refractivity contribution in [3.05, 3.63) is 18.4 Å². The molecule has 2 saturated heterocycles. The Morgan fingerprint density at radius 3 is 2.76 bits per heavy atom. The van der Waals surface area contributed by atoms with Crippen molar-refractivity contribution in [1.29, 1.82) is 0 Å². The highest BCUT2D eigenvalue weighted by Crippen LogP contribution is 2.31. The Morgan fingerprint density at radius 1 is 1.43 bits per heavy atom. The number of ether oxygens (including phenoxy) is 1. The zero-order valence-electron chi connectivity index (χ0n) is 12.0. The third kappa shape index (κ3) is 2.40. The normalized spacial score (nSPS) is 24.7. The summed E-state index contributed by atoms with van der Waals surface area (Å²) in [6, 6.07) is -0.277. The van der Waals surface area contributed by atoms with Crippen LogP contribution >= 0.6 is 0 Å². The summed E-state index contributed by atoms with van der Waals surface area (Å²) in [6.07, 6.45) is 2.57. The summed E-state index contributed by atoms with van der Waals surface area (Å²) in [7, 11) is 3.51. The lowest BCUT2D eigenvalue weighted by molar-refractivity contribution is -0.187. The van der Waals surface area contributed by atoms with E-state index in [1.165, 1.54) is 12.7 Å². The molecule has 3 heterocycles. The molecule has 21 heavy (non-hydrogen) atoms. The summed E-state index contributed by atoms with van der Waals surface area (Å²) >= 11 is 0. The topological polar surface area (TPSA) is 87.9 Å². The molecule has 1 spiro atoms. The summed E-state index contributed by atoms with van der Waals surface area (Å²) in [6.45, 7) is 1.96. The van der Waals surface area contributed by atoms with E-state index in [1.54, 1.807) is 11.9 Å². The van der Waals surface area contributed by atoms with Crippen LogP contribution in [-0.4, -0.2) is 78.6 Å². The van der Waals surface area contributed by atoms with Gasteiger partial charge in [-0.2, -0.15) is 0 Å². The maximum Gasteiger partial charge on any atom is 0.276 e. The Labute approximate surface area is 122 Å². The number of aromatic nitrogens is 1. The number of likely N-dealkylation sites (N-methyl/N-ethyl adjacent to an activating group) is 2.